The molecule has 0 aromatic heterocycles. The van der Waals surface area contributed by atoms with Crippen molar-refractivity contribution in [2.45, 2.75) is 11.5 Å². The van der Waals surface area contributed by atoms with Crippen LogP contribution in [0.4, 0.5) is 0 Å². The molecule has 1 rings (SSSR count). The Morgan fingerprint density at radius 1 is 1.38 bits per heavy atom. The van der Waals surface area contributed by atoms with Gasteiger partial charge in [0.25, 0.3) is 0 Å². The molecule has 1 fully saturated rings. The van der Waals surface area contributed by atoms with Crippen LogP contribution in [0.1, 0.15) is 0 Å². The highest BCUT2D eigenvalue weighted by atomic mass is 35.5. The lowest BCUT2D eigenvalue weighted by Crippen LogP contribution is -2.25. The van der Waals surface area contributed by atoms with Gasteiger partial charge in [-0.15, -0.1) is 11.6 Å². The van der Waals surface area contributed by atoms with E-state index in [1.807, 2.05) is 0 Å². The van der Waals surface area contributed by atoms with Crippen LogP contribution >= 0.6 is 11.6 Å². The molecule has 0 aliphatic carbocycles. The Morgan fingerprint density at radius 3 is 2.23 bits per heavy atom. The minimum Gasteiger partial charge on any atom is -0.264 e. The molecule has 0 radical (unpaired) electrons. The summed E-state index contributed by atoms with van der Waals surface area (Å²) >= 11 is 5.49. The first-order chi connectivity index (χ1) is 5.70. The molecular formula is C4H7ClO6S2. The van der Waals surface area contributed by atoms with Gasteiger partial charge in [0.2, 0.25) is 0 Å². The van der Waals surface area contributed by atoms with Crippen LogP contribution in [0.15, 0.2) is 0 Å². The molecule has 0 amide bonds. The van der Waals surface area contributed by atoms with Crippen LogP contribution in [0, 0.1) is 0 Å². The summed E-state index contributed by atoms with van der Waals surface area (Å²) in [6, 6.07) is 0. The third kappa shape index (κ3) is 3.39. The fourth-order valence-electron chi connectivity index (χ4n) is 1.02. The highest BCUT2D eigenvalue weighted by molar-refractivity contribution is 7.91. The van der Waals surface area contributed by atoms with Crippen molar-refractivity contribution >= 4 is 31.8 Å². The highest BCUT2D eigenvalue weighted by Gasteiger charge is 2.39. The fourth-order valence-corrected chi connectivity index (χ4v) is 4.14. The maximum absolute atomic E-state index is 10.9. The first-order valence-electron chi connectivity index (χ1n) is 3.20. The predicted octanol–water partition coefficient (Wildman–Crippen LogP) is -0.790. The molecule has 9 heteroatoms. The van der Waals surface area contributed by atoms with Gasteiger partial charge < -0.3 is 0 Å². The molecular weight excluding hydrogens is 244 g/mol. The highest BCUT2D eigenvalue weighted by Crippen LogP contribution is 2.21. The van der Waals surface area contributed by atoms with Crippen LogP contribution in [0.25, 0.3) is 0 Å². The van der Waals surface area contributed by atoms with Gasteiger partial charge in [0.05, 0.1) is 16.9 Å². The molecule has 0 spiro atoms. The lowest BCUT2D eigenvalue weighted by Gasteiger charge is -2.08. The lowest BCUT2D eigenvalue weighted by molar-refractivity contribution is 0.205. The summed E-state index contributed by atoms with van der Waals surface area (Å²) in [4.78, 5) is 0. The zero-order valence-electron chi connectivity index (χ0n) is 6.25. The molecule has 13 heavy (non-hydrogen) atoms. The Kier molecular flexibility index (Phi) is 2.89. The van der Waals surface area contributed by atoms with Crippen molar-refractivity contribution in [1.29, 1.82) is 0 Å². The normalized spacial score (nSPS) is 33.4. The zero-order chi connectivity index (χ0) is 10.3. The zero-order valence-corrected chi connectivity index (χ0v) is 8.64. The number of rotatable bonds is 2. The van der Waals surface area contributed by atoms with Crippen LogP contribution in [0.3, 0.4) is 0 Å². The maximum atomic E-state index is 10.9. The average Bonchev–Trinajstić information content (AvgIpc) is 2.00. The van der Waals surface area contributed by atoms with E-state index in [1.54, 1.807) is 0 Å². The van der Waals surface area contributed by atoms with E-state index in [9.17, 15) is 16.8 Å². The van der Waals surface area contributed by atoms with Crippen LogP contribution in [-0.4, -0.2) is 44.4 Å². The maximum Gasteiger partial charge on any atom is 0.397 e. The number of sulfone groups is 1. The quantitative estimate of drug-likeness (QED) is 0.510. The van der Waals surface area contributed by atoms with Crippen molar-refractivity contribution in [3.63, 3.8) is 0 Å². The molecule has 2 unspecified atom stereocenters. The van der Waals surface area contributed by atoms with E-state index in [4.69, 9.17) is 16.2 Å². The standard InChI is InChI=1S/C4H7ClO6S2/c5-3-1-12(6,7)2-4(3)11-13(8,9)10/h3-4H,1-2H2,(H,8,9,10). The van der Waals surface area contributed by atoms with Gasteiger partial charge in [0.1, 0.15) is 6.10 Å². The van der Waals surface area contributed by atoms with Gasteiger partial charge in [-0.2, -0.15) is 8.42 Å². The fraction of sp³-hybridized carbons (Fsp3) is 1.00. The van der Waals surface area contributed by atoms with Crippen molar-refractivity contribution in [3.8, 4) is 0 Å². The van der Waals surface area contributed by atoms with E-state index in [0.29, 0.717) is 0 Å². The molecule has 0 saturated carbocycles. The number of hydrogen-bond acceptors (Lipinski definition) is 5. The third-order valence-electron chi connectivity index (χ3n) is 1.48. The topological polar surface area (TPSA) is 97.7 Å². The summed E-state index contributed by atoms with van der Waals surface area (Å²) < 4.78 is 54.6. The Morgan fingerprint density at radius 2 is 1.92 bits per heavy atom. The van der Waals surface area contributed by atoms with Crippen molar-refractivity contribution in [2.75, 3.05) is 11.5 Å². The van der Waals surface area contributed by atoms with Gasteiger partial charge in [-0.05, 0) is 0 Å². The molecule has 0 aromatic rings. The van der Waals surface area contributed by atoms with Gasteiger partial charge >= 0.3 is 10.4 Å². The molecule has 1 aliphatic heterocycles. The minimum atomic E-state index is -4.64. The first-order valence-corrected chi connectivity index (χ1v) is 6.82. The second-order valence-electron chi connectivity index (χ2n) is 2.66. The lowest BCUT2D eigenvalue weighted by atomic mass is 10.3. The average molecular weight is 251 g/mol. The van der Waals surface area contributed by atoms with Crippen LogP contribution in [0.5, 0.6) is 0 Å². The van der Waals surface area contributed by atoms with E-state index in [0.717, 1.165) is 0 Å². The summed E-state index contributed by atoms with van der Waals surface area (Å²) in [5.41, 5.74) is 0. The van der Waals surface area contributed by atoms with Crippen LogP contribution in [-0.2, 0) is 24.4 Å². The molecule has 1 saturated heterocycles. The third-order valence-corrected chi connectivity index (χ3v) is 4.29. The van der Waals surface area contributed by atoms with Crippen LogP contribution in [0.2, 0.25) is 0 Å². The van der Waals surface area contributed by atoms with Crippen LogP contribution < -0.4 is 0 Å². The summed E-state index contributed by atoms with van der Waals surface area (Å²) in [5.74, 6) is -0.824. The Labute approximate surface area is 80.7 Å². The molecule has 6 nitrogen and oxygen atoms in total. The van der Waals surface area contributed by atoms with Crippen molar-refractivity contribution in [3.05, 3.63) is 0 Å². The predicted molar refractivity (Wildman–Crippen MR) is 44.7 cm³/mol. The Hall–Kier alpha value is 0.110. The first kappa shape index (κ1) is 11.2. The van der Waals surface area contributed by atoms with Gasteiger partial charge in [-0.1, -0.05) is 0 Å². The molecule has 1 aliphatic rings. The monoisotopic (exact) mass is 250 g/mol. The molecule has 1 heterocycles. The molecule has 78 valence electrons. The molecule has 1 N–H and O–H groups in total. The summed E-state index contributed by atoms with van der Waals surface area (Å²) in [6.07, 6.45) is -1.19. The van der Waals surface area contributed by atoms with Crippen molar-refractivity contribution in [1.82, 2.24) is 0 Å². The number of halogens is 1. The van der Waals surface area contributed by atoms with E-state index in [-0.39, 0.29) is 5.75 Å². The van der Waals surface area contributed by atoms with E-state index < -0.39 is 37.5 Å². The van der Waals surface area contributed by atoms with E-state index >= 15 is 0 Å². The van der Waals surface area contributed by atoms with Gasteiger partial charge in [-0.3, -0.25) is 4.55 Å². The van der Waals surface area contributed by atoms with Crippen molar-refractivity contribution in [2.24, 2.45) is 0 Å². The largest absolute Gasteiger partial charge is 0.397 e. The number of alkyl halides is 1. The van der Waals surface area contributed by atoms with E-state index in [2.05, 4.69) is 4.18 Å². The van der Waals surface area contributed by atoms with Gasteiger partial charge in [0, 0.05) is 0 Å². The second kappa shape index (κ2) is 3.35. The SMILES string of the molecule is O=S1(=O)CC(Cl)C(OS(=O)(=O)O)C1. The number of hydrogen-bond donors (Lipinski definition) is 1. The van der Waals surface area contributed by atoms with Gasteiger partial charge in [-0.25, -0.2) is 12.6 Å². The summed E-state index contributed by atoms with van der Waals surface area (Å²) in [5, 5.41) is -0.938. The molecule has 0 bridgehead atoms. The van der Waals surface area contributed by atoms with Crippen molar-refractivity contribution < 1.29 is 25.6 Å². The molecule has 0 aromatic carbocycles. The molecule has 2 atom stereocenters. The summed E-state index contributed by atoms with van der Waals surface area (Å²) in [6.45, 7) is 0. The van der Waals surface area contributed by atoms with Gasteiger partial charge in [0.15, 0.2) is 9.84 Å². The smallest absolute Gasteiger partial charge is 0.264 e. The second-order valence-corrected chi connectivity index (χ2v) is 6.42. The summed E-state index contributed by atoms with van der Waals surface area (Å²) in [7, 11) is -7.99. The Balaban J connectivity index is 2.76. The minimum absolute atomic E-state index is 0.339. The van der Waals surface area contributed by atoms with E-state index in [1.165, 1.54) is 0 Å². The Bertz CT molecular complexity index is 383.